The highest BCUT2D eigenvalue weighted by atomic mass is 32.2. The number of amides is 1. The first-order valence-electron chi connectivity index (χ1n) is 7.65. The van der Waals surface area contributed by atoms with Crippen molar-refractivity contribution >= 4 is 68.0 Å². The molecule has 7 nitrogen and oxygen atoms in total. The van der Waals surface area contributed by atoms with Crippen molar-refractivity contribution in [2.45, 2.75) is 5.16 Å². The van der Waals surface area contributed by atoms with Crippen LogP contribution < -0.4 is 10.9 Å². The number of thioether (sulfide) groups is 1. The van der Waals surface area contributed by atoms with Gasteiger partial charge in [0.25, 0.3) is 5.56 Å². The molecule has 0 atom stereocenters. The molecule has 11 heteroatoms. The number of carbonyl (C=O) groups excluding carboxylic acids is 1. The van der Waals surface area contributed by atoms with Crippen molar-refractivity contribution in [3.8, 4) is 5.69 Å². The van der Waals surface area contributed by atoms with Gasteiger partial charge in [-0.1, -0.05) is 41.3 Å². The minimum Gasteiger partial charge on any atom is -0.301 e. The molecule has 0 aliphatic carbocycles. The fourth-order valence-corrected chi connectivity index (χ4v) is 4.81. The molecule has 0 bridgehead atoms. The molecule has 4 rings (SSSR count). The minimum atomic E-state index is -0.270. The van der Waals surface area contributed by atoms with Crippen molar-refractivity contribution in [3.63, 3.8) is 0 Å². The van der Waals surface area contributed by atoms with Crippen LogP contribution in [0.25, 0.3) is 16.0 Å². The molecule has 0 aliphatic heterocycles. The number of aromatic amines is 1. The number of thiazole rings is 2. The number of carbonyl (C=O) groups is 1. The Kier molecular flexibility index (Phi) is 5.16. The number of anilines is 1. The number of rotatable bonds is 5. The fourth-order valence-electron chi connectivity index (χ4n) is 2.34. The smallest absolute Gasteiger partial charge is 0.271 e. The van der Waals surface area contributed by atoms with Gasteiger partial charge in [-0.15, -0.1) is 11.3 Å². The summed E-state index contributed by atoms with van der Waals surface area (Å²) in [6.07, 6.45) is 1.62. The van der Waals surface area contributed by atoms with Gasteiger partial charge in [0, 0.05) is 17.3 Å². The van der Waals surface area contributed by atoms with E-state index in [-0.39, 0.29) is 17.2 Å². The van der Waals surface area contributed by atoms with E-state index in [2.05, 4.69) is 20.3 Å². The van der Waals surface area contributed by atoms with Crippen LogP contribution in [-0.4, -0.2) is 31.2 Å². The van der Waals surface area contributed by atoms with Crippen LogP contribution in [0.3, 0.4) is 0 Å². The Labute approximate surface area is 170 Å². The summed E-state index contributed by atoms with van der Waals surface area (Å²) in [5.41, 5.74) is 1.06. The highest BCUT2D eigenvalue weighted by molar-refractivity contribution is 7.99. The molecule has 136 valence electrons. The quantitative estimate of drug-likeness (QED) is 0.283. The minimum absolute atomic E-state index is 0.101. The van der Waals surface area contributed by atoms with E-state index in [9.17, 15) is 9.59 Å². The van der Waals surface area contributed by atoms with E-state index in [0.29, 0.717) is 24.6 Å². The van der Waals surface area contributed by atoms with E-state index < -0.39 is 0 Å². The summed E-state index contributed by atoms with van der Waals surface area (Å²) in [5, 5.41) is 5.37. The Balaban J connectivity index is 1.64. The van der Waals surface area contributed by atoms with Crippen LogP contribution in [0, 0.1) is 3.95 Å². The average Bonchev–Trinajstić information content (AvgIpc) is 3.28. The molecule has 0 saturated heterocycles. The number of hydrogen-bond acceptors (Lipinski definition) is 8. The Bertz CT molecular complexity index is 1210. The molecule has 0 aliphatic rings. The Morgan fingerprint density at radius 1 is 1.33 bits per heavy atom. The van der Waals surface area contributed by atoms with Crippen LogP contribution in [0.1, 0.15) is 0 Å². The van der Waals surface area contributed by atoms with E-state index in [4.69, 9.17) is 12.2 Å². The molecule has 0 saturated carbocycles. The lowest BCUT2D eigenvalue weighted by Gasteiger charge is -2.05. The summed E-state index contributed by atoms with van der Waals surface area (Å²) in [6, 6.07) is 9.50. The Morgan fingerprint density at radius 3 is 2.89 bits per heavy atom. The summed E-state index contributed by atoms with van der Waals surface area (Å²) in [7, 11) is 0. The van der Waals surface area contributed by atoms with Crippen molar-refractivity contribution in [1.82, 2.24) is 19.5 Å². The standard InChI is InChI=1S/C16H11N5O2S4/c22-10(18-14-17-6-7-25-14)8-26-15-19-12-11(13(23)20-15)27-16(24)21(12)9-4-2-1-3-5-9/h1-7H,8H2,(H,17,18,22)(H,19,20,23). The number of nitrogens with zero attached hydrogens (tertiary/aromatic N) is 3. The van der Waals surface area contributed by atoms with Gasteiger partial charge in [0.15, 0.2) is 19.9 Å². The number of hydrogen-bond donors (Lipinski definition) is 2. The van der Waals surface area contributed by atoms with Crippen molar-refractivity contribution in [1.29, 1.82) is 0 Å². The molecule has 27 heavy (non-hydrogen) atoms. The largest absolute Gasteiger partial charge is 0.301 e. The number of H-pyrrole nitrogens is 1. The molecule has 0 radical (unpaired) electrons. The van der Waals surface area contributed by atoms with E-state index in [0.717, 1.165) is 17.4 Å². The molecule has 0 fully saturated rings. The molecule has 0 spiro atoms. The van der Waals surface area contributed by atoms with Crippen LogP contribution in [-0.2, 0) is 4.79 Å². The zero-order valence-electron chi connectivity index (χ0n) is 13.5. The first-order chi connectivity index (χ1) is 13.1. The van der Waals surface area contributed by atoms with Crippen LogP contribution >= 0.6 is 46.7 Å². The zero-order chi connectivity index (χ0) is 18.8. The second-order valence-electron chi connectivity index (χ2n) is 5.24. The van der Waals surface area contributed by atoms with Gasteiger partial charge in [0.1, 0.15) is 4.70 Å². The van der Waals surface area contributed by atoms with Crippen LogP contribution in [0.4, 0.5) is 5.13 Å². The number of nitrogens with one attached hydrogen (secondary N) is 2. The number of aromatic nitrogens is 4. The highest BCUT2D eigenvalue weighted by Gasteiger charge is 2.14. The number of fused-ring (bicyclic) bond motifs is 1. The molecule has 1 aromatic carbocycles. The molecule has 0 unspecified atom stereocenters. The first kappa shape index (κ1) is 18.0. The zero-order valence-corrected chi connectivity index (χ0v) is 16.8. The normalized spacial score (nSPS) is 11.0. The van der Waals surface area contributed by atoms with Crippen molar-refractivity contribution < 1.29 is 4.79 Å². The average molecular weight is 434 g/mol. The molecular formula is C16H11N5O2S4. The van der Waals surface area contributed by atoms with Gasteiger partial charge in [-0.3, -0.25) is 14.2 Å². The lowest BCUT2D eigenvalue weighted by Crippen LogP contribution is -2.15. The maximum absolute atomic E-state index is 12.4. The molecule has 1 amide bonds. The predicted octanol–water partition coefficient (Wildman–Crippen LogP) is 3.69. The third-order valence-electron chi connectivity index (χ3n) is 3.45. The Morgan fingerprint density at radius 2 is 2.15 bits per heavy atom. The third kappa shape index (κ3) is 3.86. The monoisotopic (exact) mass is 433 g/mol. The molecule has 3 aromatic heterocycles. The van der Waals surface area contributed by atoms with Gasteiger partial charge in [-0.2, -0.15) is 0 Å². The van der Waals surface area contributed by atoms with Gasteiger partial charge < -0.3 is 10.3 Å². The highest BCUT2D eigenvalue weighted by Crippen LogP contribution is 2.24. The lowest BCUT2D eigenvalue weighted by atomic mass is 10.3. The predicted molar refractivity (Wildman–Crippen MR) is 112 cm³/mol. The van der Waals surface area contributed by atoms with Gasteiger partial charge in [0.05, 0.1) is 5.75 Å². The Hall–Kier alpha value is -2.34. The summed E-state index contributed by atoms with van der Waals surface area (Å²) >= 11 is 9.12. The topological polar surface area (TPSA) is 92.7 Å². The maximum Gasteiger partial charge on any atom is 0.271 e. The molecular weight excluding hydrogens is 422 g/mol. The summed E-state index contributed by atoms with van der Waals surface area (Å²) in [5.74, 6) is -0.118. The third-order valence-corrected chi connectivity index (χ3v) is 6.38. The second kappa shape index (κ2) is 7.72. The number of para-hydroxylation sites is 1. The van der Waals surface area contributed by atoms with Crippen molar-refractivity contribution in [2.75, 3.05) is 11.1 Å². The van der Waals surface area contributed by atoms with E-state index in [1.807, 2.05) is 30.3 Å². The summed E-state index contributed by atoms with van der Waals surface area (Å²) in [4.78, 5) is 35.7. The SMILES string of the molecule is O=C(CSc1nc2c(sc(=S)n2-c2ccccc2)c(=O)[nH]1)Nc1nccs1. The second-order valence-corrected chi connectivity index (χ2v) is 8.74. The maximum atomic E-state index is 12.4. The van der Waals surface area contributed by atoms with Crippen LogP contribution in [0.2, 0.25) is 0 Å². The van der Waals surface area contributed by atoms with E-state index in [1.54, 1.807) is 16.1 Å². The van der Waals surface area contributed by atoms with E-state index in [1.165, 1.54) is 22.7 Å². The van der Waals surface area contributed by atoms with Crippen LogP contribution in [0.5, 0.6) is 0 Å². The lowest BCUT2D eigenvalue weighted by molar-refractivity contribution is -0.113. The molecule has 4 aromatic rings. The summed E-state index contributed by atoms with van der Waals surface area (Å²) < 4.78 is 2.77. The van der Waals surface area contributed by atoms with Gasteiger partial charge in [-0.25, -0.2) is 9.97 Å². The van der Waals surface area contributed by atoms with Gasteiger partial charge in [-0.05, 0) is 24.4 Å². The van der Waals surface area contributed by atoms with Gasteiger partial charge >= 0.3 is 0 Å². The first-order valence-corrected chi connectivity index (χ1v) is 10.7. The fraction of sp³-hybridized carbons (Fsp3) is 0.0625. The van der Waals surface area contributed by atoms with Gasteiger partial charge in [0.2, 0.25) is 5.91 Å². The summed E-state index contributed by atoms with van der Waals surface area (Å²) in [6.45, 7) is 0. The van der Waals surface area contributed by atoms with Crippen molar-refractivity contribution in [2.24, 2.45) is 0 Å². The van der Waals surface area contributed by atoms with E-state index >= 15 is 0 Å². The van der Waals surface area contributed by atoms with Crippen molar-refractivity contribution in [3.05, 3.63) is 56.2 Å². The van der Waals surface area contributed by atoms with Crippen LogP contribution in [0.15, 0.2) is 51.9 Å². The number of benzene rings is 1. The molecule has 2 N–H and O–H groups in total. The molecule has 3 heterocycles.